The highest BCUT2D eigenvalue weighted by atomic mass is 16.6. The Bertz CT molecular complexity index is 1360. The molecule has 0 heterocycles. The van der Waals surface area contributed by atoms with Gasteiger partial charge >= 0.3 is 12.1 Å². The Morgan fingerprint density at radius 2 is 1.49 bits per heavy atom. The van der Waals surface area contributed by atoms with E-state index in [2.05, 4.69) is 10.6 Å². The van der Waals surface area contributed by atoms with Crippen molar-refractivity contribution in [2.45, 2.75) is 111 Å². The van der Waals surface area contributed by atoms with Crippen molar-refractivity contribution in [2.75, 3.05) is 6.61 Å². The molecule has 1 saturated carbocycles. The van der Waals surface area contributed by atoms with Crippen LogP contribution in [0.1, 0.15) is 83.2 Å². The number of nitrogens with one attached hydrogen (secondary N) is 2. The summed E-state index contributed by atoms with van der Waals surface area (Å²) in [4.78, 5) is 56.1. The molecule has 3 amide bonds. The smallest absolute Gasteiger partial charge is 0.408 e. The lowest BCUT2D eigenvalue weighted by atomic mass is 9.97. The van der Waals surface area contributed by atoms with Crippen LogP contribution in [-0.2, 0) is 30.3 Å². The van der Waals surface area contributed by atoms with E-state index >= 15 is 0 Å². The third-order valence-electron chi connectivity index (χ3n) is 7.51. The monoisotopic (exact) mass is 623 g/mol. The molecule has 3 N–H and O–H groups in total. The first-order valence-corrected chi connectivity index (χ1v) is 15.5. The Morgan fingerprint density at radius 1 is 0.889 bits per heavy atom. The zero-order valence-corrected chi connectivity index (χ0v) is 28.0. The predicted octanol–water partition coefficient (Wildman–Crippen LogP) is 4.54. The average Bonchev–Trinajstić information content (AvgIpc) is 3.65. The first kappa shape index (κ1) is 35.6. The Morgan fingerprint density at radius 3 is 2.00 bits per heavy atom. The van der Waals surface area contributed by atoms with Crippen LogP contribution in [-0.4, -0.2) is 69.8 Å². The molecule has 5 unspecified atom stereocenters. The van der Waals surface area contributed by atoms with Gasteiger partial charge in [-0.25, -0.2) is 9.59 Å². The lowest BCUT2D eigenvalue weighted by molar-refractivity contribution is -0.159. The maximum absolute atomic E-state index is 14.4. The molecule has 1 fully saturated rings. The van der Waals surface area contributed by atoms with Gasteiger partial charge in [0.25, 0.3) is 0 Å². The molecule has 2 aromatic rings. The van der Waals surface area contributed by atoms with Crippen molar-refractivity contribution in [1.29, 1.82) is 0 Å². The molecule has 45 heavy (non-hydrogen) atoms. The Kier molecular flexibility index (Phi) is 11.4. The quantitative estimate of drug-likeness (QED) is 0.313. The van der Waals surface area contributed by atoms with Gasteiger partial charge in [-0.1, -0.05) is 55.5 Å². The summed E-state index contributed by atoms with van der Waals surface area (Å²) in [5.74, 6) is -1.74. The van der Waals surface area contributed by atoms with Gasteiger partial charge in [0.2, 0.25) is 11.8 Å². The summed E-state index contributed by atoms with van der Waals surface area (Å²) in [7, 11) is 0. The number of carbonyl (C=O) groups is 4. The molecule has 1 aliphatic carbocycles. The Labute approximate surface area is 266 Å². The molecule has 0 aromatic heterocycles. The van der Waals surface area contributed by atoms with Gasteiger partial charge in [0.15, 0.2) is 0 Å². The molecule has 3 rings (SSSR count). The minimum absolute atomic E-state index is 0.0719. The van der Waals surface area contributed by atoms with E-state index in [1.54, 1.807) is 47.6 Å². The first-order chi connectivity index (χ1) is 20.9. The molecule has 0 saturated heterocycles. The van der Waals surface area contributed by atoms with Crippen LogP contribution >= 0.6 is 0 Å². The number of ether oxygens (including phenoxy) is 2. The third kappa shape index (κ3) is 10.3. The standard InChI is InChI=1S/C35H49N3O7/c1-21-15-16-25(17-22(21)2)29(30(40)36-26(32(42)44-34(4,5)6)19-24-13-11-10-12-14-24)38(28-18-23(28)3)31(41)27(20-39)37-33(43)45-35(7,8)9/h10-17,23,26-29,39H,18-20H2,1-9H3,(H,36,40)(H,37,43). The second-order valence-electron chi connectivity index (χ2n) is 13.9. The fraction of sp³-hybridized carbons (Fsp3) is 0.543. The third-order valence-corrected chi connectivity index (χ3v) is 7.51. The molecule has 0 bridgehead atoms. The van der Waals surface area contributed by atoms with Crippen LogP contribution < -0.4 is 10.6 Å². The average molecular weight is 624 g/mol. The first-order valence-electron chi connectivity index (χ1n) is 15.5. The van der Waals surface area contributed by atoms with Crippen LogP contribution in [0.3, 0.4) is 0 Å². The maximum atomic E-state index is 14.4. The number of aliphatic hydroxyl groups is 1. The summed E-state index contributed by atoms with van der Waals surface area (Å²) in [5.41, 5.74) is 1.67. The number of esters is 1. The minimum atomic E-state index is -1.36. The minimum Gasteiger partial charge on any atom is -0.458 e. The highest BCUT2D eigenvalue weighted by molar-refractivity contribution is 5.94. The molecule has 246 valence electrons. The summed E-state index contributed by atoms with van der Waals surface area (Å²) in [5, 5.41) is 15.6. The van der Waals surface area contributed by atoms with Gasteiger partial charge in [-0.15, -0.1) is 0 Å². The number of nitrogens with zero attached hydrogens (tertiary/aromatic N) is 1. The SMILES string of the molecule is Cc1ccc(C(C(=O)NC(Cc2ccccc2)C(=O)OC(C)(C)C)N(C(=O)C(CO)NC(=O)OC(C)(C)C)C2CC2C)cc1C. The largest absolute Gasteiger partial charge is 0.458 e. The molecule has 0 radical (unpaired) electrons. The predicted molar refractivity (Wildman–Crippen MR) is 171 cm³/mol. The molecule has 0 aliphatic heterocycles. The van der Waals surface area contributed by atoms with E-state index in [1.165, 1.54) is 4.90 Å². The van der Waals surface area contributed by atoms with Crippen molar-refractivity contribution in [1.82, 2.24) is 15.5 Å². The van der Waals surface area contributed by atoms with Crippen molar-refractivity contribution in [2.24, 2.45) is 5.92 Å². The number of alkyl carbamates (subject to hydrolysis) is 1. The van der Waals surface area contributed by atoms with E-state index < -0.39 is 59.8 Å². The van der Waals surface area contributed by atoms with Gasteiger partial charge < -0.3 is 30.1 Å². The molecular weight excluding hydrogens is 574 g/mol. The van der Waals surface area contributed by atoms with Gasteiger partial charge in [0.1, 0.15) is 29.3 Å². The number of amides is 3. The van der Waals surface area contributed by atoms with E-state index in [9.17, 15) is 24.3 Å². The number of hydrogen-bond acceptors (Lipinski definition) is 7. The summed E-state index contributed by atoms with van der Waals surface area (Å²) < 4.78 is 11.0. The van der Waals surface area contributed by atoms with E-state index in [0.29, 0.717) is 12.0 Å². The van der Waals surface area contributed by atoms with Crippen LogP contribution in [0, 0.1) is 19.8 Å². The van der Waals surface area contributed by atoms with Gasteiger partial charge in [-0.2, -0.15) is 0 Å². The molecule has 1 aliphatic rings. The molecule has 5 atom stereocenters. The van der Waals surface area contributed by atoms with Gasteiger partial charge in [-0.3, -0.25) is 9.59 Å². The van der Waals surface area contributed by atoms with Crippen molar-refractivity contribution in [3.63, 3.8) is 0 Å². The van der Waals surface area contributed by atoms with Crippen molar-refractivity contribution in [3.8, 4) is 0 Å². The van der Waals surface area contributed by atoms with E-state index in [4.69, 9.17) is 9.47 Å². The summed E-state index contributed by atoms with van der Waals surface area (Å²) in [6, 6.07) is 10.9. The highest BCUT2D eigenvalue weighted by Crippen LogP contribution is 2.41. The molecular formula is C35H49N3O7. The zero-order valence-electron chi connectivity index (χ0n) is 28.0. The van der Waals surface area contributed by atoms with Crippen LogP contribution in [0.4, 0.5) is 4.79 Å². The fourth-order valence-electron chi connectivity index (χ4n) is 5.03. The van der Waals surface area contributed by atoms with Crippen molar-refractivity contribution >= 4 is 23.9 Å². The number of aryl methyl sites for hydroxylation is 2. The zero-order chi connectivity index (χ0) is 33.7. The van der Waals surface area contributed by atoms with Gasteiger partial charge in [0.05, 0.1) is 6.61 Å². The van der Waals surface area contributed by atoms with Gasteiger partial charge in [-0.05, 0) is 90.0 Å². The molecule has 0 spiro atoms. The second kappa shape index (κ2) is 14.5. The number of benzene rings is 2. The number of hydrogen-bond donors (Lipinski definition) is 3. The summed E-state index contributed by atoms with van der Waals surface area (Å²) in [6.07, 6.45) is -0.0579. The molecule has 10 heteroatoms. The normalized spacial score (nSPS) is 18.2. The lowest BCUT2D eigenvalue weighted by Gasteiger charge is -2.35. The summed E-state index contributed by atoms with van der Waals surface area (Å²) >= 11 is 0. The topological polar surface area (TPSA) is 134 Å². The van der Waals surface area contributed by atoms with Crippen molar-refractivity contribution < 1.29 is 33.8 Å². The molecule has 2 aromatic carbocycles. The number of aliphatic hydroxyl groups excluding tert-OH is 1. The highest BCUT2D eigenvalue weighted by Gasteiger charge is 2.48. The van der Waals surface area contributed by atoms with Crippen LogP contribution in [0.2, 0.25) is 0 Å². The van der Waals surface area contributed by atoms with E-state index in [-0.39, 0.29) is 18.4 Å². The van der Waals surface area contributed by atoms with E-state index in [0.717, 1.165) is 16.7 Å². The molecule has 10 nitrogen and oxygen atoms in total. The Balaban J connectivity index is 2.05. The van der Waals surface area contributed by atoms with Crippen LogP contribution in [0.25, 0.3) is 0 Å². The lowest BCUT2D eigenvalue weighted by Crippen LogP contribution is -2.56. The van der Waals surface area contributed by atoms with Crippen LogP contribution in [0.5, 0.6) is 0 Å². The second-order valence-corrected chi connectivity index (χ2v) is 13.9. The van der Waals surface area contributed by atoms with E-state index in [1.807, 2.05) is 63.2 Å². The van der Waals surface area contributed by atoms with Crippen molar-refractivity contribution in [3.05, 3.63) is 70.8 Å². The fourth-order valence-corrected chi connectivity index (χ4v) is 5.03. The van der Waals surface area contributed by atoms with Crippen LogP contribution in [0.15, 0.2) is 48.5 Å². The summed E-state index contributed by atoms with van der Waals surface area (Å²) in [6.45, 7) is 15.5. The van der Waals surface area contributed by atoms with Gasteiger partial charge in [0, 0.05) is 12.5 Å². The Hall–Kier alpha value is -3.92. The number of rotatable bonds is 11. The maximum Gasteiger partial charge on any atom is 0.408 e. The number of carbonyl (C=O) groups excluding carboxylic acids is 4.